The lowest BCUT2D eigenvalue weighted by molar-refractivity contribution is 0.331. The van der Waals surface area contributed by atoms with E-state index in [2.05, 4.69) is 13.8 Å². The van der Waals surface area contributed by atoms with Gasteiger partial charge < -0.3 is 0 Å². The summed E-state index contributed by atoms with van der Waals surface area (Å²) in [6, 6.07) is 0. The van der Waals surface area contributed by atoms with E-state index in [4.69, 9.17) is 40.8 Å². The molecule has 0 atom stereocenters. The van der Waals surface area contributed by atoms with Crippen LogP contribution in [0, 0.1) is 33.5 Å². The van der Waals surface area contributed by atoms with E-state index in [9.17, 15) is 0 Å². The molecule has 184 valence electrons. The van der Waals surface area contributed by atoms with Crippen LogP contribution in [0.15, 0.2) is 0 Å². The fourth-order valence-electron chi connectivity index (χ4n) is 3.94. The van der Waals surface area contributed by atoms with Crippen LogP contribution in [0.5, 0.6) is 0 Å². The van der Waals surface area contributed by atoms with Crippen molar-refractivity contribution in [2.75, 3.05) is 0 Å². The molecule has 0 aromatic carbocycles. The zero-order valence-electron chi connectivity index (χ0n) is 20.1. The maximum absolute atomic E-state index is 8.35. The fraction of sp³-hybridized carbons (Fsp3) is 0.833. The summed E-state index contributed by atoms with van der Waals surface area (Å²) in [6.45, 7) is 4.59. The Labute approximate surface area is 194 Å². The van der Waals surface area contributed by atoms with Crippen LogP contribution in [0.2, 0.25) is 0 Å². The maximum atomic E-state index is 8.35. The number of hydrogen-bond acceptors (Lipinski definition) is 8. The van der Waals surface area contributed by atoms with Crippen LogP contribution in [-0.2, 0) is 19.2 Å². The van der Waals surface area contributed by atoms with Gasteiger partial charge in [-0.05, 0) is 11.8 Å². The van der Waals surface area contributed by atoms with E-state index < -0.39 is 0 Å². The lowest BCUT2D eigenvalue weighted by Crippen LogP contribution is -2.05. The second kappa shape index (κ2) is 39.0. The van der Waals surface area contributed by atoms with Crippen molar-refractivity contribution in [3.63, 3.8) is 0 Å². The molecule has 0 unspecified atom stereocenters. The van der Waals surface area contributed by atoms with Crippen molar-refractivity contribution < 1.29 is 19.2 Å². The topological polar surface area (TPSA) is 164 Å². The zero-order valence-corrected chi connectivity index (χ0v) is 20.1. The molecule has 0 bridgehead atoms. The molecule has 2 rings (SSSR count). The Hall–Kier alpha value is -2.48. The first-order valence-corrected chi connectivity index (χ1v) is 11.7. The molecule has 0 aliphatic heterocycles. The van der Waals surface area contributed by atoms with Crippen molar-refractivity contribution in [2.45, 2.75) is 117 Å². The Morgan fingerprint density at radius 2 is 0.750 bits per heavy atom. The number of unbranched alkanes of at least 4 members (excludes halogenated alkanes) is 2. The smallest absolute Gasteiger partial charge is 0.222 e. The van der Waals surface area contributed by atoms with Crippen LogP contribution in [0.1, 0.15) is 117 Å². The minimum atomic E-state index is 0.750. The minimum absolute atomic E-state index is 0.750. The monoisotopic (exact) mass is 452 g/mol. The molecule has 0 spiro atoms. The first-order chi connectivity index (χ1) is 15.5. The molecule has 4 N–H and O–H groups in total. The molecule has 32 heavy (non-hydrogen) atoms. The number of hydrogen-bond donors (Lipinski definition) is 4. The Morgan fingerprint density at radius 1 is 0.531 bits per heavy atom. The normalized spacial score (nSPS) is 14.3. The number of rotatable bonds is 6. The number of isocyanates is 4. The first-order valence-electron chi connectivity index (χ1n) is 11.7. The van der Waals surface area contributed by atoms with E-state index in [1.54, 1.807) is 0 Å². The van der Waals surface area contributed by atoms with Crippen molar-refractivity contribution in [1.82, 2.24) is 0 Å². The highest BCUT2D eigenvalue weighted by molar-refractivity contribution is 5.26. The molecule has 0 aromatic heterocycles. The molecular weight excluding hydrogens is 408 g/mol. The van der Waals surface area contributed by atoms with E-state index in [-0.39, 0.29) is 0 Å². The van der Waals surface area contributed by atoms with Gasteiger partial charge in [0.05, 0.1) is 0 Å². The summed E-state index contributed by atoms with van der Waals surface area (Å²) in [6.07, 6.45) is 26.9. The van der Waals surface area contributed by atoms with Crippen molar-refractivity contribution in [1.29, 1.82) is 21.6 Å². The van der Waals surface area contributed by atoms with Crippen LogP contribution >= 0.6 is 0 Å². The Kier molecular flexibility index (Phi) is 45.0. The highest BCUT2D eigenvalue weighted by Gasteiger charge is 2.12. The third kappa shape index (κ3) is 41.8. The van der Waals surface area contributed by atoms with E-state index in [1.165, 1.54) is 103 Å². The van der Waals surface area contributed by atoms with Gasteiger partial charge in [-0.15, -0.1) is 0 Å². The van der Waals surface area contributed by atoms with Gasteiger partial charge in [-0.2, -0.15) is 0 Å². The third-order valence-electron chi connectivity index (χ3n) is 5.38. The van der Waals surface area contributed by atoms with Gasteiger partial charge in [-0.1, -0.05) is 117 Å². The highest BCUT2D eigenvalue weighted by Crippen LogP contribution is 2.28. The standard InChI is InChI=1S/2C10H20.4CHNO/c2*1-2-3-7-10-8-5-4-6-9-10;4*2-1-3/h2*10H,2-9H2,1H3;4*2H. The predicted octanol–water partition coefficient (Wildman–Crippen LogP) is 7.12. The second-order valence-corrected chi connectivity index (χ2v) is 7.70. The summed E-state index contributed by atoms with van der Waals surface area (Å²) >= 11 is 0. The average Bonchev–Trinajstić information content (AvgIpc) is 2.80. The predicted molar refractivity (Wildman–Crippen MR) is 126 cm³/mol. The largest absolute Gasteiger partial charge is 0.231 e. The average molecular weight is 453 g/mol. The van der Waals surface area contributed by atoms with Gasteiger partial charge in [0, 0.05) is 0 Å². The van der Waals surface area contributed by atoms with Gasteiger partial charge in [-0.3, -0.25) is 0 Å². The quantitative estimate of drug-likeness (QED) is 0.249. The molecule has 8 nitrogen and oxygen atoms in total. The van der Waals surface area contributed by atoms with Crippen molar-refractivity contribution in [3.05, 3.63) is 0 Å². The molecule has 2 fully saturated rings. The molecular formula is C24H44N4O4. The molecule has 2 saturated carbocycles. The minimum Gasteiger partial charge on any atom is -0.222 e. The van der Waals surface area contributed by atoms with Crippen LogP contribution in [0.3, 0.4) is 0 Å². The van der Waals surface area contributed by atoms with E-state index in [0.717, 1.165) is 36.2 Å². The van der Waals surface area contributed by atoms with E-state index in [0.29, 0.717) is 0 Å². The van der Waals surface area contributed by atoms with Crippen molar-refractivity contribution >= 4 is 24.3 Å². The van der Waals surface area contributed by atoms with E-state index in [1.807, 2.05) is 0 Å². The molecule has 0 radical (unpaired) electrons. The van der Waals surface area contributed by atoms with Crippen LogP contribution in [-0.4, -0.2) is 24.3 Å². The Balaban J connectivity index is -0.000000166. The maximum Gasteiger partial charge on any atom is 0.231 e. The van der Waals surface area contributed by atoms with Gasteiger partial charge in [-0.25, -0.2) is 40.8 Å². The molecule has 2 aliphatic carbocycles. The second-order valence-electron chi connectivity index (χ2n) is 7.70. The fourth-order valence-corrected chi connectivity index (χ4v) is 3.94. The zero-order chi connectivity index (χ0) is 25.3. The summed E-state index contributed by atoms with van der Waals surface area (Å²) in [7, 11) is 0. The van der Waals surface area contributed by atoms with Crippen LogP contribution in [0.25, 0.3) is 0 Å². The van der Waals surface area contributed by atoms with Crippen LogP contribution in [0.4, 0.5) is 0 Å². The Bertz CT molecular complexity index is 420. The summed E-state index contributed by atoms with van der Waals surface area (Å²) in [4.78, 5) is 33.4. The third-order valence-corrected chi connectivity index (χ3v) is 5.38. The van der Waals surface area contributed by atoms with Gasteiger partial charge in [0.1, 0.15) is 0 Å². The van der Waals surface area contributed by atoms with Crippen molar-refractivity contribution in [3.8, 4) is 0 Å². The van der Waals surface area contributed by atoms with Gasteiger partial charge in [0.15, 0.2) is 0 Å². The molecule has 2 aliphatic rings. The van der Waals surface area contributed by atoms with E-state index >= 15 is 0 Å². The number of nitrogens with one attached hydrogen (secondary N) is 4. The first kappa shape index (κ1) is 36.9. The van der Waals surface area contributed by atoms with Crippen molar-refractivity contribution in [2.24, 2.45) is 11.8 Å². The van der Waals surface area contributed by atoms with Gasteiger partial charge in [0.2, 0.25) is 24.3 Å². The molecule has 0 amide bonds. The lowest BCUT2D eigenvalue weighted by Gasteiger charge is -2.20. The molecule has 0 saturated heterocycles. The summed E-state index contributed by atoms with van der Waals surface area (Å²) in [5, 5.41) is 21.6. The molecule has 0 aromatic rings. The Morgan fingerprint density at radius 3 is 0.938 bits per heavy atom. The number of carbonyl (C=O) groups excluding carboxylic acids is 4. The lowest BCUT2D eigenvalue weighted by atomic mass is 9.86. The molecule has 0 heterocycles. The summed E-state index contributed by atoms with van der Waals surface area (Å²) in [5.41, 5.74) is 0. The summed E-state index contributed by atoms with van der Waals surface area (Å²) in [5.74, 6) is 2.21. The van der Waals surface area contributed by atoms with Gasteiger partial charge in [0.25, 0.3) is 0 Å². The SMILES string of the molecule is CCCCC1CCCCC1.CCCCC1CCCCC1.N=C=O.N=C=O.N=C=O.N=C=O. The summed E-state index contributed by atoms with van der Waals surface area (Å²) < 4.78 is 0. The highest BCUT2D eigenvalue weighted by atomic mass is 16.1. The van der Waals surface area contributed by atoms with Gasteiger partial charge >= 0.3 is 0 Å². The molecule has 8 heteroatoms. The van der Waals surface area contributed by atoms with Crippen LogP contribution < -0.4 is 0 Å².